The van der Waals surface area contributed by atoms with Gasteiger partial charge in [-0.25, -0.2) is 4.79 Å². The fourth-order valence-electron chi connectivity index (χ4n) is 2.78. The minimum absolute atomic E-state index is 0.375. The largest absolute Gasteiger partial charge is 0.444 e. The van der Waals surface area contributed by atoms with Gasteiger partial charge in [-0.3, -0.25) is 0 Å². The van der Waals surface area contributed by atoms with Crippen molar-refractivity contribution < 1.29 is 9.53 Å². The van der Waals surface area contributed by atoms with Crippen LogP contribution in [0.3, 0.4) is 0 Å². The molecule has 1 aromatic rings. The number of nitrogens with zero attached hydrogens (tertiary/aromatic N) is 3. The molecule has 1 amide bonds. The van der Waals surface area contributed by atoms with Gasteiger partial charge in [-0.05, 0) is 38.3 Å². The maximum Gasteiger partial charge on any atom is 0.408 e. The van der Waals surface area contributed by atoms with Gasteiger partial charge in [-0.2, -0.15) is 0 Å². The third-order valence-electron chi connectivity index (χ3n) is 3.72. The molecular formula is C16H23N5O2. The number of rotatable bonds is 4. The summed E-state index contributed by atoms with van der Waals surface area (Å²) in [7, 11) is 0. The lowest BCUT2D eigenvalue weighted by molar-refractivity contribution is 0.0454. The lowest BCUT2D eigenvalue weighted by Crippen LogP contribution is -2.58. The van der Waals surface area contributed by atoms with E-state index in [0.29, 0.717) is 19.5 Å². The summed E-state index contributed by atoms with van der Waals surface area (Å²) in [6.45, 7) is 6.48. The Kier molecular flexibility index (Phi) is 5.13. The van der Waals surface area contributed by atoms with E-state index in [9.17, 15) is 4.79 Å². The number of amides is 1. The molecule has 0 aliphatic carbocycles. The van der Waals surface area contributed by atoms with E-state index in [0.717, 1.165) is 5.56 Å². The summed E-state index contributed by atoms with van der Waals surface area (Å²) < 4.78 is 5.38. The predicted molar refractivity (Wildman–Crippen MR) is 88.1 cm³/mol. The Hall–Kier alpha value is -2.24. The SMILES string of the molecule is CC(C)(C)OC(=O)N[C@@]1(Cc2ccccc2)CNC[C@@H]1N=[N+]=[N-]. The molecule has 0 radical (unpaired) electrons. The van der Waals surface area contributed by atoms with Crippen LogP contribution in [0.5, 0.6) is 0 Å². The molecule has 1 fully saturated rings. The van der Waals surface area contributed by atoms with Crippen LogP contribution in [0.15, 0.2) is 35.4 Å². The van der Waals surface area contributed by atoms with Crippen LogP contribution in [-0.4, -0.2) is 36.4 Å². The number of ether oxygens (including phenoxy) is 1. The number of carbonyl (C=O) groups excluding carboxylic acids is 1. The molecule has 7 nitrogen and oxygen atoms in total. The third-order valence-corrected chi connectivity index (χ3v) is 3.72. The Morgan fingerprint density at radius 1 is 1.48 bits per heavy atom. The second-order valence-corrected chi connectivity index (χ2v) is 6.80. The number of azide groups is 1. The fraction of sp³-hybridized carbons (Fsp3) is 0.562. The number of benzene rings is 1. The molecule has 0 spiro atoms. The van der Waals surface area contributed by atoms with Crippen molar-refractivity contribution in [3.63, 3.8) is 0 Å². The van der Waals surface area contributed by atoms with E-state index < -0.39 is 17.2 Å². The van der Waals surface area contributed by atoms with Gasteiger partial charge >= 0.3 is 6.09 Å². The first-order valence-electron chi connectivity index (χ1n) is 7.65. The molecule has 2 atom stereocenters. The van der Waals surface area contributed by atoms with Gasteiger partial charge in [-0.1, -0.05) is 35.4 Å². The van der Waals surface area contributed by atoms with Crippen molar-refractivity contribution in [2.24, 2.45) is 5.11 Å². The highest BCUT2D eigenvalue weighted by Crippen LogP contribution is 2.25. The molecule has 7 heteroatoms. The van der Waals surface area contributed by atoms with Crippen LogP contribution in [0.1, 0.15) is 26.3 Å². The van der Waals surface area contributed by atoms with Gasteiger partial charge in [0.2, 0.25) is 0 Å². The van der Waals surface area contributed by atoms with Gasteiger partial charge in [0.1, 0.15) is 5.60 Å². The van der Waals surface area contributed by atoms with Crippen LogP contribution >= 0.6 is 0 Å². The monoisotopic (exact) mass is 317 g/mol. The maximum absolute atomic E-state index is 12.3. The number of hydrogen-bond donors (Lipinski definition) is 2. The maximum atomic E-state index is 12.3. The van der Waals surface area contributed by atoms with E-state index in [1.165, 1.54) is 0 Å². The van der Waals surface area contributed by atoms with Gasteiger partial charge in [-0.15, -0.1) is 0 Å². The van der Waals surface area contributed by atoms with Crippen molar-refractivity contribution in [3.05, 3.63) is 46.3 Å². The van der Waals surface area contributed by atoms with Crippen LogP contribution < -0.4 is 10.6 Å². The molecule has 23 heavy (non-hydrogen) atoms. The average molecular weight is 317 g/mol. The highest BCUT2D eigenvalue weighted by molar-refractivity contribution is 5.69. The minimum atomic E-state index is -0.698. The molecule has 0 saturated carbocycles. The second kappa shape index (κ2) is 6.89. The van der Waals surface area contributed by atoms with Gasteiger partial charge in [0, 0.05) is 18.0 Å². The first-order chi connectivity index (χ1) is 10.8. The summed E-state index contributed by atoms with van der Waals surface area (Å²) >= 11 is 0. The molecule has 2 N–H and O–H groups in total. The molecule has 1 aromatic carbocycles. The molecule has 1 saturated heterocycles. The predicted octanol–water partition coefficient (Wildman–Crippen LogP) is 2.77. The van der Waals surface area contributed by atoms with Crippen LogP contribution in [0.25, 0.3) is 10.4 Å². The van der Waals surface area contributed by atoms with Crippen LogP contribution in [0, 0.1) is 0 Å². The Balaban J connectivity index is 2.24. The van der Waals surface area contributed by atoms with E-state index in [2.05, 4.69) is 20.7 Å². The minimum Gasteiger partial charge on any atom is -0.444 e. The molecule has 1 heterocycles. The van der Waals surface area contributed by atoms with Gasteiger partial charge in [0.15, 0.2) is 0 Å². The highest BCUT2D eigenvalue weighted by atomic mass is 16.6. The lowest BCUT2D eigenvalue weighted by atomic mass is 9.86. The zero-order chi connectivity index (χ0) is 16.9. The van der Waals surface area contributed by atoms with Crippen molar-refractivity contribution in [3.8, 4) is 0 Å². The van der Waals surface area contributed by atoms with Crippen molar-refractivity contribution in [2.45, 2.75) is 44.4 Å². The number of carbonyl (C=O) groups is 1. The van der Waals surface area contributed by atoms with Crippen LogP contribution in [0.2, 0.25) is 0 Å². The highest BCUT2D eigenvalue weighted by Gasteiger charge is 2.44. The smallest absolute Gasteiger partial charge is 0.408 e. The Labute approximate surface area is 136 Å². The molecule has 1 aliphatic heterocycles. The van der Waals surface area contributed by atoms with E-state index in [4.69, 9.17) is 10.3 Å². The Morgan fingerprint density at radius 2 is 2.17 bits per heavy atom. The molecular weight excluding hydrogens is 294 g/mol. The van der Waals surface area contributed by atoms with Crippen molar-refractivity contribution in [1.82, 2.24) is 10.6 Å². The molecule has 2 rings (SSSR count). The van der Waals surface area contributed by atoms with Crippen molar-refractivity contribution in [1.29, 1.82) is 0 Å². The van der Waals surface area contributed by atoms with Crippen LogP contribution in [0.4, 0.5) is 4.79 Å². The zero-order valence-corrected chi connectivity index (χ0v) is 13.7. The summed E-state index contributed by atoms with van der Waals surface area (Å²) in [5, 5.41) is 10.0. The Morgan fingerprint density at radius 3 is 2.78 bits per heavy atom. The van der Waals surface area contributed by atoms with Crippen molar-refractivity contribution >= 4 is 6.09 Å². The van der Waals surface area contributed by atoms with Gasteiger partial charge in [0.05, 0.1) is 11.6 Å². The normalized spacial score (nSPS) is 23.9. The van der Waals surface area contributed by atoms with E-state index >= 15 is 0 Å². The average Bonchev–Trinajstić information content (AvgIpc) is 2.80. The number of hydrogen-bond acceptors (Lipinski definition) is 4. The zero-order valence-electron chi connectivity index (χ0n) is 13.7. The van der Waals surface area contributed by atoms with E-state index in [-0.39, 0.29) is 6.04 Å². The second-order valence-electron chi connectivity index (χ2n) is 6.80. The van der Waals surface area contributed by atoms with Gasteiger partial charge in [0.25, 0.3) is 0 Å². The number of nitrogens with one attached hydrogen (secondary N) is 2. The molecule has 124 valence electrons. The summed E-state index contributed by atoms with van der Waals surface area (Å²) in [5.74, 6) is 0. The van der Waals surface area contributed by atoms with Crippen LogP contribution in [-0.2, 0) is 11.2 Å². The quantitative estimate of drug-likeness (QED) is 0.507. The van der Waals surface area contributed by atoms with Crippen molar-refractivity contribution in [2.75, 3.05) is 13.1 Å². The molecule has 0 unspecified atom stereocenters. The standard InChI is InChI=1S/C16H23N5O2/c1-15(2,3)23-14(22)19-16(9-12-7-5-4-6-8-12)11-18-10-13(16)20-21-17/h4-8,13,18H,9-11H2,1-3H3,(H,19,22)/t13-,16-/m0/s1. The Bertz CT molecular complexity index is 592. The fourth-order valence-corrected chi connectivity index (χ4v) is 2.78. The molecule has 0 bridgehead atoms. The summed E-state index contributed by atoms with van der Waals surface area (Å²) in [6.07, 6.45) is 0.0549. The third kappa shape index (κ3) is 4.61. The summed E-state index contributed by atoms with van der Waals surface area (Å²) in [4.78, 5) is 15.2. The molecule has 0 aromatic heterocycles. The summed E-state index contributed by atoms with van der Waals surface area (Å²) in [6, 6.07) is 9.44. The van der Waals surface area contributed by atoms with E-state index in [1.807, 2.05) is 51.1 Å². The van der Waals surface area contributed by atoms with Gasteiger partial charge < -0.3 is 15.4 Å². The van der Waals surface area contributed by atoms with E-state index in [1.54, 1.807) is 0 Å². The topological polar surface area (TPSA) is 99.1 Å². The first-order valence-corrected chi connectivity index (χ1v) is 7.65. The molecule has 1 aliphatic rings. The summed E-state index contributed by atoms with van der Waals surface area (Å²) in [5.41, 5.74) is 8.61. The number of alkyl carbamates (subject to hydrolysis) is 1. The first kappa shape index (κ1) is 17.1. The lowest BCUT2D eigenvalue weighted by Gasteiger charge is -2.34.